The Morgan fingerprint density at radius 2 is 2.26 bits per heavy atom. The number of halogens is 1. The molecule has 1 aliphatic rings. The third-order valence-electron chi connectivity index (χ3n) is 2.91. The minimum absolute atomic E-state index is 0.179. The number of hydrogen-bond acceptors (Lipinski definition) is 3. The molecule has 3 rings (SSSR count). The van der Waals surface area contributed by atoms with Crippen LogP contribution in [0.1, 0.15) is 11.3 Å². The molecule has 2 N–H and O–H groups in total. The molecule has 0 saturated carbocycles. The first kappa shape index (κ1) is 11.9. The molecule has 2 aromatic rings. The Kier molecular flexibility index (Phi) is 3.05. The highest BCUT2D eigenvalue weighted by molar-refractivity contribution is 6.54. The van der Waals surface area contributed by atoms with E-state index in [1.807, 2.05) is 0 Å². The third kappa shape index (κ3) is 2.37. The number of H-pyrrole nitrogens is 1. The van der Waals surface area contributed by atoms with Gasteiger partial charge in [-0.3, -0.25) is 9.79 Å². The van der Waals surface area contributed by atoms with Gasteiger partial charge in [0.15, 0.2) is 0 Å². The second kappa shape index (κ2) is 4.85. The Morgan fingerprint density at radius 1 is 1.37 bits per heavy atom. The van der Waals surface area contributed by atoms with Crippen molar-refractivity contribution >= 4 is 28.9 Å². The second-order valence-electron chi connectivity index (χ2n) is 4.20. The smallest absolute Gasteiger partial charge is 0.274 e. The zero-order valence-electron chi connectivity index (χ0n) is 9.98. The molecule has 2 heterocycles. The number of fused-ring (bicyclic) bond motifs is 1. The van der Waals surface area contributed by atoms with Crippen LogP contribution in [0.5, 0.6) is 0 Å². The van der Waals surface area contributed by atoms with Crippen molar-refractivity contribution in [1.82, 2.24) is 9.97 Å². The number of carbonyl (C=O) groups excluding carboxylic acids is 1. The topological polar surface area (TPSA) is 70.1 Å². The highest BCUT2D eigenvalue weighted by atomic mass is 35.5. The number of nitrogens with one attached hydrogen (secondary N) is 2. The van der Waals surface area contributed by atoms with Crippen molar-refractivity contribution in [1.29, 1.82) is 0 Å². The summed E-state index contributed by atoms with van der Waals surface area (Å²) in [5, 5.41) is 3.36. The van der Waals surface area contributed by atoms with Gasteiger partial charge in [-0.05, 0) is 18.2 Å². The molecule has 96 valence electrons. The molecular weight excluding hydrogens is 264 g/mol. The van der Waals surface area contributed by atoms with Crippen LogP contribution in [-0.4, -0.2) is 28.1 Å². The molecule has 1 aliphatic heterocycles. The van der Waals surface area contributed by atoms with Crippen LogP contribution >= 0.6 is 11.6 Å². The molecule has 0 unspecified atom stereocenters. The summed E-state index contributed by atoms with van der Waals surface area (Å²) >= 11 is 5.94. The minimum Gasteiger partial charge on any atom is -0.348 e. The van der Waals surface area contributed by atoms with Crippen molar-refractivity contribution in [2.45, 2.75) is 6.42 Å². The maximum atomic E-state index is 11.8. The third-order valence-corrected chi connectivity index (χ3v) is 3.14. The van der Waals surface area contributed by atoms with Gasteiger partial charge in [0, 0.05) is 35.4 Å². The summed E-state index contributed by atoms with van der Waals surface area (Å²) in [6, 6.07) is 5.28. The number of anilines is 1. The number of benzene rings is 1. The van der Waals surface area contributed by atoms with Crippen molar-refractivity contribution in [3.8, 4) is 0 Å². The van der Waals surface area contributed by atoms with E-state index in [0.29, 0.717) is 23.7 Å². The number of carbonyl (C=O) groups is 1. The molecule has 0 fully saturated rings. The molecule has 1 aromatic heterocycles. The lowest BCUT2D eigenvalue weighted by Gasteiger charge is -1.98. The number of nitrogens with zero attached hydrogens (tertiary/aromatic N) is 2. The number of aromatic nitrogens is 2. The Labute approximate surface area is 114 Å². The Bertz CT molecular complexity index is 649. The van der Waals surface area contributed by atoms with E-state index in [2.05, 4.69) is 20.3 Å². The molecule has 0 atom stereocenters. The molecule has 1 aromatic carbocycles. The Hall–Kier alpha value is -2.14. The Balaban J connectivity index is 1.81. The molecule has 0 radical (unpaired) electrons. The van der Waals surface area contributed by atoms with Crippen LogP contribution in [-0.2, 0) is 11.2 Å². The van der Waals surface area contributed by atoms with E-state index >= 15 is 0 Å². The zero-order valence-corrected chi connectivity index (χ0v) is 10.7. The van der Waals surface area contributed by atoms with E-state index in [4.69, 9.17) is 11.6 Å². The lowest BCUT2D eigenvalue weighted by Crippen LogP contribution is -2.15. The van der Waals surface area contributed by atoms with Crippen LogP contribution in [0, 0.1) is 0 Å². The molecule has 0 spiro atoms. The summed E-state index contributed by atoms with van der Waals surface area (Å²) in [5.74, 6) is -0.179. The maximum absolute atomic E-state index is 11.8. The molecule has 6 heteroatoms. The summed E-state index contributed by atoms with van der Waals surface area (Å²) in [6.07, 6.45) is 4.09. The summed E-state index contributed by atoms with van der Waals surface area (Å²) in [4.78, 5) is 23.1. The molecular formula is C13H11ClN4O. The summed E-state index contributed by atoms with van der Waals surface area (Å²) in [5.41, 5.74) is 2.96. The lowest BCUT2D eigenvalue weighted by atomic mass is 10.1. The SMILES string of the molecule is O=C1Nc2ccc(Cl)cc2C1=NCCc1cnc[nH]1. The van der Waals surface area contributed by atoms with Gasteiger partial charge in [0.05, 0.1) is 12.0 Å². The summed E-state index contributed by atoms with van der Waals surface area (Å²) in [6.45, 7) is 0.525. The van der Waals surface area contributed by atoms with Crippen molar-refractivity contribution in [2.24, 2.45) is 4.99 Å². The lowest BCUT2D eigenvalue weighted by molar-refractivity contribution is -0.110. The van der Waals surface area contributed by atoms with Gasteiger partial charge in [-0.1, -0.05) is 11.6 Å². The van der Waals surface area contributed by atoms with E-state index in [-0.39, 0.29) is 5.91 Å². The molecule has 5 nitrogen and oxygen atoms in total. The fourth-order valence-corrected chi connectivity index (χ4v) is 2.16. The van der Waals surface area contributed by atoms with Crippen LogP contribution in [0.15, 0.2) is 35.7 Å². The van der Waals surface area contributed by atoms with Crippen LogP contribution in [0.25, 0.3) is 0 Å². The van der Waals surface area contributed by atoms with E-state index in [0.717, 1.165) is 16.9 Å². The highest BCUT2D eigenvalue weighted by Crippen LogP contribution is 2.26. The molecule has 0 saturated heterocycles. The molecule has 0 bridgehead atoms. The van der Waals surface area contributed by atoms with Gasteiger partial charge in [0.25, 0.3) is 5.91 Å². The number of hydrogen-bond donors (Lipinski definition) is 2. The average Bonchev–Trinajstić information content (AvgIpc) is 2.99. The highest BCUT2D eigenvalue weighted by Gasteiger charge is 2.25. The first-order valence-corrected chi connectivity index (χ1v) is 6.25. The van der Waals surface area contributed by atoms with Crippen molar-refractivity contribution < 1.29 is 4.79 Å². The monoisotopic (exact) mass is 274 g/mol. The quantitative estimate of drug-likeness (QED) is 0.899. The fourth-order valence-electron chi connectivity index (χ4n) is 1.99. The van der Waals surface area contributed by atoms with Gasteiger partial charge in [-0.25, -0.2) is 4.98 Å². The van der Waals surface area contributed by atoms with Crippen LogP contribution in [0.2, 0.25) is 5.02 Å². The van der Waals surface area contributed by atoms with Crippen molar-refractivity contribution in [2.75, 3.05) is 11.9 Å². The standard InChI is InChI=1S/C13H11ClN4O/c14-8-1-2-11-10(5-8)12(13(19)18-11)16-4-3-9-6-15-7-17-9/h1-2,5-7H,3-4H2,(H,15,17)(H,16,18,19). The molecule has 1 amide bonds. The maximum Gasteiger partial charge on any atom is 0.274 e. The number of aliphatic imine (C=N–C) groups is 1. The summed E-state index contributed by atoms with van der Waals surface area (Å²) in [7, 11) is 0. The summed E-state index contributed by atoms with van der Waals surface area (Å²) < 4.78 is 0. The first-order valence-electron chi connectivity index (χ1n) is 5.87. The van der Waals surface area contributed by atoms with Crippen LogP contribution in [0.4, 0.5) is 5.69 Å². The van der Waals surface area contributed by atoms with Crippen molar-refractivity contribution in [3.05, 3.63) is 47.0 Å². The van der Waals surface area contributed by atoms with E-state index in [1.54, 1.807) is 30.7 Å². The zero-order chi connectivity index (χ0) is 13.2. The van der Waals surface area contributed by atoms with Gasteiger partial charge >= 0.3 is 0 Å². The van der Waals surface area contributed by atoms with E-state index in [9.17, 15) is 4.79 Å². The second-order valence-corrected chi connectivity index (χ2v) is 4.64. The normalized spacial score (nSPS) is 15.6. The van der Waals surface area contributed by atoms with Crippen LogP contribution in [0.3, 0.4) is 0 Å². The number of imidazole rings is 1. The fraction of sp³-hybridized carbons (Fsp3) is 0.154. The predicted molar refractivity (Wildman–Crippen MR) is 73.8 cm³/mol. The largest absolute Gasteiger partial charge is 0.348 e. The van der Waals surface area contributed by atoms with E-state index in [1.165, 1.54) is 0 Å². The van der Waals surface area contributed by atoms with E-state index < -0.39 is 0 Å². The van der Waals surface area contributed by atoms with Gasteiger partial charge in [0.2, 0.25) is 0 Å². The van der Waals surface area contributed by atoms with Gasteiger partial charge < -0.3 is 10.3 Å². The number of amides is 1. The van der Waals surface area contributed by atoms with Gasteiger partial charge in [-0.2, -0.15) is 0 Å². The Morgan fingerprint density at radius 3 is 3.05 bits per heavy atom. The van der Waals surface area contributed by atoms with Gasteiger partial charge in [0.1, 0.15) is 5.71 Å². The van der Waals surface area contributed by atoms with Crippen LogP contribution < -0.4 is 5.32 Å². The number of rotatable bonds is 3. The van der Waals surface area contributed by atoms with Crippen molar-refractivity contribution in [3.63, 3.8) is 0 Å². The van der Waals surface area contributed by atoms with Gasteiger partial charge in [-0.15, -0.1) is 0 Å². The minimum atomic E-state index is -0.179. The predicted octanol–water partition coefficient (Wildman–Crippen LogP) is 2.05. The number of aromatic amines is 1. The first-order chi connectivity index (χ1) is 9.24. The molecule has 0 aliphatic carbocycles. The average molecular weight is 275 g/mol. The molecule has 19 heavy (non-hydrogen) atoms.